The van der Waals surface area contributed by atoms with Gasteiger partial charge in [-0.3, -0.25) is 0 Å². The molecule has 0 aliphatic carbocycles. The predicted molar refractivity (Wildman–Crippen MR) is 71.1 cm³/mol. The summed E-state index contributed by atoms with van der Waals surface area (Å²) in [6.45, 7) is 8.16. The fraction of sp³-hybridized carbons (Fsp3) is 0.538. The minimum absolute atomic E-state index is 0.854. The second-order valence-corrected chi connectivity index (χ2v) is 4.31. The Labute approximate surface area is 103 Å². The van der Waals surface area contributed by atoms with Crippen LogP contribution >= 0.6 is 11.6 Å². The lowest BCUT2D eigenvalue weighted by Crippen LogP contribution is -2.21. The van der Waals surface area contributed by atoms with Crippen LogP contribution in [0.2, 0.25) is 5.02 Å². The molecule has 0 fully saturated rings. The van der Waals surface area contributed by atoms with Crippen molar-refractivity contribution in [3.8, 4) is 0 Å². The van der Waals surface area contributed by atoms with Crippen LogP contribution in [0.5, 0.6) is 0 Å². The zero-order valence-electron chi connectivity index (χ0n) is 10.1. The van der Waals surface area contributed by atoms with Gasteiger partial charge in [0.05, 0.1) is 0 Å². The first kappa shape index (κ1) is 13.5. The summed E-state index contributed by atoms with van der Waals surface area (Å²) in [4.78, 5) is 0. The zero-order chi connectivity index (χ0) is 11.8. The maximum atomic E-state index is 6.20. The maximum absolute atomic E-state index is 6.20. The third kappa shape index (κ3) is 4.52. The highest BCUT2D eigenvalue weighted by Crippen LogP contribution is 2.19. The van der Waals surface area contributed by atoms with Gasteiger partial charge in [-0.15, -0.1) is 0 Å². The van der Waals surface area contributed by atoms with E-state index in [1.54, 1.807) is 0 Å². The summed E-state index contributed by atoms with van der Waals surface area (Å²) in [5.41, 5.74) is 2.33. The number of benzene rings is 1. The molecule has 0 unspecified atom stereocenters. The number of hydrogen-bond acceptors (Lipinski definition) is 2. The SMILES string of the molecule is CCNCCCNCc1cccc(C)c1Cl. The Kier molecular flexibility index (Phi) is 6.46. The molecule has 0 aromatic heterocycles. The first-order valence-electron chi connectivity index (χ1n) is 5.91. The smallest absolute Gasteiger partial charge is 0.0480 e. The lowest BCUT2D eigenvalue weighted by Gasteiger charge is -2.08. The van der Waals surface area contributed by atoms with Crippen LogP contribution in [0.3, 0.4) is 0 Å². The molecule has 3 heteroatoms. The summed E-state index contributed by atoms with van der Waals surface area (Å²) >= 11 is 6.20. The highest BCUT2D eigenvalue weighted by Gasteiger charge is 2.01. The molecule has 1 aromatic carbocycles. The first-order chi connectivity index (χ1) is 7.75. The lowest BCUT2D eigenvalue weighted by atomic mass is 10.1. The Morgan fingerprint density at radius 2 is 1.94 bits per heavy atom. The van der Waals surface area contributed by atoms with Crippen LogP contribution in [0.1, 0.15) is 24.5 Å². The largest absolute Gasteiger partial charge is 0.317 e. The van der Waals surface area contributed by atoms with E-state index in [1.807, 2.05) is 13.0 Å². The molecule has 0 saturated carbocycles. The van der Waals surface area contributed by atoms with Crippen LogP contribution < -0.4 is 10.6 Å². The number of halogens is 1. The molecule has 2 N–H and O–H groups in total. The van der Waals surface area contributed by atoms with Gasteiger partial charge in [0.2, 0.25) is 0 Å². The Morgan fingerprint density at radius 3 is 2.69 bits per heavy atom. The summed E-state index contributed by atoms with van der Waals surface area (Å²) in [5, 5.41) is 7.60. The van der Waals surface area contributed by atoms with E-state index in [2.05, 4.69) is 29.7 Å². The van der Waals surface area contributed by atoms with Crippen LogP contribution in [0, 0.1) is 6.92 Å². The van der Waals surface area contributed by atoms with Gasteiger partial charge < -0.3 is 10.6 Å². The lowest BCUT2D eigenvalue weighted by molar-refractivity contribution is 0.606. The van der Waals surface area contributed by atoms with Gasteiger partial charge in [-0.2, -0.15) is 0 Å². The van der Waals surface area contributed by atoms with Gasteiger partial charge in [0.15, 0.2) is 0 Å². The van der Waals surface area contributed by atoms with Gasteiger partial charge in [0, 0.05) is 11.6 Å². The van der Waals surface area contributed by atoms with E-state index in [-0.39, 0.29) is 0 Å². The van der Waals surface area contributed by atoms with Crippen molar-refractivity contribution in [2.24, 2.45) is 0 Å². The minimum Gasteiger partial charge on any atom is -0.317 e. The molecule has 0 spiro atoms. The number of rotatable bonds is 7. The van der Waals surface area contributed by atoms with E-state index in [9.17, 15) is 0 Å². The van der Waals surface area contributed by atoms with Gasteiger partial charge >= 0.3 is 0 Å². The average molecular weight is 241 g/mol. The Bertz CT molecular complexity index is 313. The van der Waals surface area contributed by atoms with Crippen LogP contribution in [0.15, 0.2) is 18.2 Å². The van der Waals surface area contributed by atoms with E-state index in [4.69, 9.17) is 11.6 Å². The molecule has 2 nitrogen and oxygen atoms in total. The summed E-state index contributed by atoms with van der Waals surface area (Å²) in [5.74, 6) is 0. The predicted octanol–water partition coefficient (Wildman–Crippen LogP) is 2.74. The van der Waals surface area contributed by atoms with Crippen LogP contribution in [-0.2, 0) is 6.54 Å². The summed E-state index contributed by atoms with van der Waals surface area (Å²) in [7, 11) is 0. The Morgan fingerprint density at radius 1 is 1.19 bits per heavy atom. The van der Waals surface area contributed by atoms with Crippen molar-refractivity contribution in [2.45, 2.75) is 26.8 Å². The second-order valence-electron chi connectivity index (χ2n) is 3.93. The molecule has 0 aliphatic rings. The molecular weight excluding hydrogens is 220 g/mol. The van der Waals surface area contributed by atoms with E-state index in [0.29, 0.717) is 0 Å². The van der Waals surface area contributed by atoms with Crippen molar-refractivity contribution in [1.29, 1.82) is 0 Å². The molecule has 0 atom stereocenters. The van der Waals surface area contributed by atoms with Crippen molar-refractivity contribution in [3.05, 3.63) is 34.3 Å². The molecule has 0 heterocycles. The van der Waals surface area contributed by atoms with E-state index in [0.717, 1.165) is 43.2 Å². The standard InChI is InChI=1S/C13H21ClN2/c1-3-15-8-5-9-16-10-12-7-4-6-11(2)13(12)14/h4,6-7,15-16H,3,5,8-10H2,1-2H3. The molecular formula is C13H21ClN2. The van der Waals surface area contributed by atoms with E-state index >= 15 is 0 Å². The monoisotopic (exact) mass is 240 g/mol. The van der Waals surface area contributed by atoms with Crippen molar-refractivity contribution in [2.75, 3.05) is 19.6 Å². The fourth-order valence-electron chi connectivity index (χ4n) is 1.58. The molecule has 0 bridgehead atoms. The molecule has 1 rings (SSSR count). The summed E-state index contributed by atoms with van der Waals surface area (Å²) < 4.78 is 0. The summed E-state index contributed by atoms with van der Waals surface area (Å²) in [6.07, 6.45) is 1.15. The maximum Gasteiger partial charge on any atom is 0.0480 e. The topological polar surface area (TPSA) is 24.1 Å². The molecule has 90 valence electrons. The molecule has 16 heavy (non-hydrogen) atoms. The van der Waals surface area contributed by atoms with Gasteiger partial charge in [-0.1, -0.05) is 36.7 Å². The van der Waals surface area contributed by atoms with E-state index < -0.39 is 0 Å². The third-order valence-corrected chi connectivity index (χ3v) is 3.09. The third-order valence-electron chi connectivity index (χ3n) is 2.54. The number of aryl methyl sites for hydroxylation is 1. The first-order valence-corrected chi connectivity index (χ1v) is 6.29. The fourth-order valence-corrected chi connectivity index (χ4v) is 1.78. The van der Waals surface area contributed by atoms with Crippen molar-refractivity contribution in [1.82, 2.24) is 10.6 Å². The van der Waals surface area contributed by atoms with Gasteiger partial charge in [-0.25, -0.2) is 0 Å². The summed E-state index contributed by atoms with van der Waals surface area (Å²) in [6, 6.07) is 6.17. The number of hydrogen-bond donors (Lipinski definition) is 2. The van der Waals surface area contributed by atoms with Crippen LogP contribution in [0.4, 0.5) is 0 Å². The van der Waals surface area contributed by atoms with Crippen LogP contribution in [0.25, 0.3) is 0 Å². The van der Waals surface area contributed by atoms with E-state index in [1.165, 1.54) is 5.56 Å². The normalized spacial score (nSPS) is 10.7. The average Bonchev–Trinajstić information content (AvgIpc) is 2.29. The van der Waals surface area contributed by atoms with Crippen molar-refractivity contribution in [3.63, 3.8) is 0 Å². The Hall–Kier alpha value is -0.570. The second kappa shape index (κ2) is 7.66. The van der Waals surface area contributed by atoms with Gasteiger partial charge in [-0.05, 0) is 44.1 Å². The van der Waals surface area contributed by atoms with Crippen molar-refractivity contribution < 1.29 is 0 Å². The Balaban J connectivity index is 2.24. The highest BCUT2D eigenvalue weighted by atomic mass is 35.5. The quantitative estimate of drug-likeness (QED) is 0.717. The highest BCUT2D eigenvalue weighted by molar-refractivity contribution is 6.32. The zero-order valence-corrected chi connectivity index (χ0v) is 10.9. The van der Waals surface area contributed by atoms with Crippen LogP contribution in [-0.4, -0.2) is 19.6 Å². The molecule has 0 aliphatic heterocycles. The minimum atomic E-state index is 0.854. The number of nitrogens with one attached hydrogen (secondary N) is 2. The molecule has 1 aromatic rings. The molecule has 0 saturated heterocycles. The molecule has 0 radical (unpaired) electrons. The van der Waals surface area contributed by atoms with Gasteiger partial charge in [0.1, 0.15) is 0 Å². The van der Waals surface area contributed by atoms with Crippen molar-refractivity contribution >= 4 is 11.6 Å². The molecule has 0 amide bonds. The van der Waals surface area contributed by atoms with Gasteiger partial charge in [0.25, 0.3) is 0 Å².